The molecule has 0 amide bonds. The number of nitrogens with zero attached hydrogens (tertiary/aromatic N) is 2. The molecule has 0 bridgehead atoms. The van der Waals surface area contributed by atoms with Crippen molar-refractivity contribution in [1.29, 1.82) is 0 Å². The van der Waals surface area contributed by atoms with E-state index in [2.05, 4.69) is 37.7 Å². The van der Waals surface area contributed by atoms with Crippen LogP contribution in [0.3, 0.4) is 0 Å². The van der Waals surface area contributed by atoms with Gasteiger partial charge in [0, 0.05) is 28.2 Å². The molecule has 2 heterocycles. The first kappa shape index (κ1) is 12.1. The molecule has 0 saturated carbocycles. The third-order valence-corrected chi connectivity index (χ3v) is 4.89. The van der Waals surface area contributed by atoms with Gasteiger partial charge in [-0.1, -0.05) is 0 Å². The highest BCUT2D eigenvalue weighted by Crippen LogP contribution is 2.32. The first-order valence-corrected chi connectivity index (χ1v) is 7.77. The third kappa shape index (κ3) is 2.17. The average Bonchev–Trinajstić information content (AvgIpc) is 2.84. The molecule has 5 heteroatoms. The van der Waals surface area contributed by atoms with Gasteiger partial charge in [-0.15, -0.1) is 11.3 Å². The summed E-state index contributed by atoms with van der Waals surface area (Å²) in [5.74, 6) is 1.84. The van der Waals surface area contributed by atoms with Crippen LogP contribution in [0.5, 0.6) is 0 Å². The van der Waals surface area contributed by atoms with Crippen molar-refractivity contribution in [2.24, 2.45) is 0 Å². The maximum atomic E-state index is 4.74. The number of hydrogen-bond donors (Lipinski definition) is 1. The summed E-state index contributed by atoms with van der Waals surface area (Å²) in [5, 5.41) is 5.28. The van der Waals surface area contributed by atoms with Gasteiger partial charge in [0.1, 0.15) is 5.82 Å². The maximum Gasteiger partial charge on any atom is 0.171 e. The lowest BCUT2D eigenvalue weighted by atomic mass is 9.96. The number of thiophene rings is 1. The number of fused-ring (bicyclic) bond motifs is 1. The molecule has 1 N–H and O–H groups in total. The van der Waals surface area contributed by atoms with Crippen molar-refractivity contribution in [1.82, 2.24) is 9.97 Å². The van der Waals surface area contributed by atoms with E-state index in [0.717, 1.165) is 33.8 Å². The summed E-state index contributed by atoms with van der Waals surface area (Å²) in [7, 11) is 1.94. The van der Waals surface area contributed by atoms with E-state index in [0.29, 0.717) is 0 Å². The lowest BCUT2D eigenvalue weighted by molar-refractivity contribution is 0.665. The van der Waals surface area contributed by atoms with Gasteiger partial charge in [-0.25, -0.2) is 9.97 Å². The Bertz CT molecular complexity index is 562. The second-order valence-corrected chi connectivity index (χ2v) is 6.23. The van der Waals surface area contributed by atoms with Crippen molar-refractivity contribution in [3.05, 3.63) is 27.2 Å². The molecule has 0 unspecified atom stereocenters. The van der Waals surface area contributed by atoms with Gasteiger partial charge in [0.2, 0.25) is 0 Å². The van der Waals surface area contributed by atoms with E-state index in [1.165, 1.54) is 24.1 Å². The monoisotopic (exact) mass is 323 g/mol. The van der Waals surface area contributed by atoms with Crippen LogP contribution in [0, 0.1) is 0 Å². The summed E-state index contributed by atoms with van der Waals surface area (Å²) >= 11 is 5.15. The van der Waals surface area contributed by atoms with Crippen LogP contribution in [0.4, 0.5) is 5.82 Å². The highest BCUT2D eigenvalue weighted by atomic mass is 79.9. The zero-order valence-electron chi connectivity index (χ0n) is 10.2. The number of anilines is 1. The van der Waals surface area contributed by atoms with Crippen molar-refractivity contribution in [3.8, 4) is 10.7 Å². The van der Waals surface area contributed by atoms with Gasteiger partial charge in [-0.3, -0.25) is 0 Å². The van der Waals surface area contributed by atoms with Crippen molar-refractivity contribution >= 4 is 33.1 Å². The van der Waals surface area contributed by atoms with Gasteiger partial charge in [-0.2, -0.15) is 0 Å². The van der Waals surface area contributed by atoms with Crippen LogP contribution < -0.4 is 5.32 Å². The van der Waals surface area contributed by atoms with Gasteiger partial charge in [0.05, 0.1) is 4.88 Å². The summed E-state index contributed by atoms with van der Waals surface area (Å²) in [6.45, 7) is 0. The summed E-state index contributed by atoms with van der Waals surface area (Å²) < 4.78 is 1.09. The fourth-order valence-corrected chi connectivity index (χ4v) is 3.70. The van der Waals surface area contributed by atoms with E-state index in [9.17, 15) is 0 Å². The van der Waals surface area contributed by atoms with Crippen molar-refractivity contribution in [3.63, 3.8) is 0 Å². The van der Waals surface area contributed by atoms with Crippen LogP contribution in [-0.2, 0) is 12.8 Å². The van der Waals surface area contributed by atoms with Crippen LogP contribution >= 0.6 is 27.3 Å². The fraction of sp³-hybridized carbons (Fsp3) is 0.385. The van der Waals surface area contributed by atoms with Gasteiger partial charge < -0.3 is 5.32 Å². The minimum atomic E-state index is 0.843. The van der Waals surface area contributed by atoms with Crippen LogP contribution in [0.25, 0.3) is 10.7 Å². The predicted octanol–water partition coefficient (Wildman–Crippen LogP) is 3.89. The first-order valence-electron chi connectivity index (χ1n) is 6.10. The standard InChI is InChI=1S/C13H14BrN3S/c1-15-12-9-4-2-3-5-10(9)16-13(17-12)11-6-8(14)7-18-11/h6-7H,2-5H2,1H3,(H,15,16,17). The maximum absolute atomic E-state index is 4.74. The number of aromatic nitrogens is 2. The lowest BCUT2D eigenvalue weighted by Gasteiger charge is -2.18. The molecule has 2 aromatic rings. The Morgan fingerprint density at radius 1 is 1.28 bits per heavy atom. The van der Waals surface area contributed by atoms with E-state index in [1.807, 2.05) is 7.05 Å². The van der Waals surface area contributed by atoms with Gasteiger partial charge >= 0.3 is 0 Å². The van der Waals surface area contributed by atoms with Gasteiger partial charge in [-0.05, 0) is 47.7 Å². The number of halogens is 1. The first-order chi connectivity index (χ1) is 8.78. The molecule has 0 aromatic carbocycles. The molecule has 3 rings (SSSR count). The molecule has 0 spiro atoms. The SMILES string of the molecule is CNc1nc(-c2cc(Br)cs2)nc2c1CCCC2. The number of aryl methyl sites for hydroxylation is 1. The second-order valence-electron chi connectivity index (χ2n) is 4.41. The normalized spacial score (nSPS) is 14.3. The van der Waals surface area contributed by atoms with E-state index in [-0.39, 0.29) is 0 Å². The summed E-state index contributed by atoms with van der Waals surface area (Å²) in [6, 6.07) is 2.08. The Morgan fingerprint density at radius 2 is 2.11 bits per heavy atom. The van der Waals surface area contributed by atoms with E-state index >= 15 is 0 Å². The van der Waals surface area contributed by atoms with Crippen LogP contribution in [0.15, 0.2) is 15.9 Å². The van der Waals surface area contributed by atoms with Gasteiger partial charge in [0.25, 0.3) is 0 Å². The topological polar surface area (TPSA) is 37.8 Å². The molecule has 0 radical (unpaired) electrons. The van der Waals surface area contributed by atoms with Crippen molar-refractivity contribution in [2.75, 3.05) is 12.4 Å². The largest absolute Gasteiger partial charge is 0.373 e. The molecule has 0 atom stereocenters. The minimum Gasteiger partial charge on any atom is -0.373 e. The molecular formula is C13H14BrN3S. The predicted molar refractivity (Wildman–Crippen MR) is 79.2 cm³/mol. The van der Waals surface area contributed by atoms with E-state index < -0.39 is 0 Å². The van der Waals surface area contributed by atoms with Crippen LogP contribution in [0.1, 0.15) is 24.1 Å². The smallest absolute Gasteiger partial charge is 0.171 e. The summed E-state index contributed by atoms with van der Waals surface area (Å²) in [6.07, 6.45) is 4.65. The summed E-state index contributed by atoms with van der Waals surface area (Å²) in [4.78, 5) is 10.5. The molecule has 3 nitrogen and oxygen atoms in total. The summed E-state index contributed by atoms with van der Waals surface area (Å²) in [5.41, 5.74) is 2.53. The highest BCUT2D eigenvalue weighted by Gasteiger charge is 2.18. The number of hydrogen-bond acceptors (Lipinski definition) is 4. The Kier molecular flexibility index (Phi) is 3.35. The minimum absolute atomic E-state index is 0.843. The molecule has 18 heavy (non-hydrogen) atoms. The van der Waals surface area contributed by atoms with E-state index in [1.54, 1.807) is 11.3 Å². The van der Waals surface area contributed by atoms with Crippen molar-refractivity contribution < 1.29 is 0 Å². The molecule has 2 aromatic heterocycles. The number of rotatable bonds is 2. The second kappa shape index (κ2) is 4.97. The Hall–Kier alpha value is -0.940. The molecular weight excluding hydrogens is 310 g/mol. The molecule has 1 aliphatic carbocycles. The Morgan fingerprint density at radius 3 is 2.83 bits per heavy atom. The van der Waals surface area contributed by atoms with Crippen molar-refractivity contribution in [2.45, 2.75) is 25.7 Å². The molecule has 0 fully saturated rings. The lowest BCUT2D eigenvalue weighted by Crippen LogP contribution is -2.11. The van der Waals surface area contributed by atoms with Crippen LogP contribution in [0.2, 0.25) is 0 Å². The van der Waals surface area contributed by atoms with Crippen LogP contribution in [-0.4, -0.2) is 17.0 Å². The Balaban J connectivity index is 2.11. The number of nitrogens with one attached hydrogen (secondary N) is 1. The zero-order chi connectivity index (χ0) is 12.5. The fourth-order valence-electron chi connectivity index (χ4n) is 2.34. The zero-order valence-corrected chi connectivity index (χ0v) is 12.6. The molecule has 1 aliphatic rings. The quantitative estimate of drug-likeness (QED) is 0.911. The molecule has 0 saturated heterocycles. The van der Waals surface area contributed by atoms with Gasteiger partial charge in [0.15, 0.2) is 5.82 Å². The third-order valence-electron chi connectivity index (χ3n) is 3.21. The Labute approximate surface area is 119 Å². The highest BCUT2D eigenvalue weighted by molar-refractivity contribution is 9.10. The molecule has 0 aliphatic heterocycles. The average molecular weight is 324 g/mol. The van der Waals surface area contributed by atoms with E-state index in [4.69, 9.17) is 4.98 Å². The molecule has 94 valence electrons.